The zero-order chi connectivity index (χ0) is 16.5. The number of nitrogens with one attached hydrogen (secondary N) is 1. The van der Waals surface area contributed by atoms with Gasteiger partial charge in [-0.05, 0) is 36.2 Å². The van der Waals surface area contributed by atoms with E-state index < -0.39 is 23.7 Å². The third-order valence-corrected chi connectivity index (χ3v) is 3.35. The molecule has 0 heterocycles. The zero-order valence-corrected chi connectivity index (χ0v) is 12.1. The Morgan fingerprint density at radius 2 is 1.68 bits per heavy atom. The second-order valence-corrected chi connectivity index (χ2v) is 5.66. The average Bonchev–Trinajstić information content (AvgIpc) is 2.41. The second kappa shape index (κ2) is 5.61. The van der Waals surface area contributed by atoms with Crippen molar-refractivity contribution >= 4 is 16.7 Å². The lowest BCUT2D eigenvalue weighted by Gasteiger charge is -2.31. The summed E-state index contributed by atoms with van der Waals surface area (Å²) in [6, 6.07) is 11.2. The molecule has 0 aromatic heterocycles. The molecule has 1 unspecified atom stereocenters. The first-order valence-corrected chi connectivity index (χ1v) is 6.68. The van der Waals surface area contributed by atoms with Crippen molar-refractivity contribution in [3.63, 3.8) is 0 Å². The fourth-order valence-electron chi connectivity index (χ4n) is 2.27. The Balaban J connectivity index is 2.42. The zero-order valence-electron chi connectivity index (χ0n) is 12.1. The summed E-state index contributed by atoms with van der Waals surface area (Å²) >= 11 is 0. The number of carbonyl (C=O) groups excluding carboxylic acids is 1. The van der Waals surface area contributed by atoms with E-state index in [1.807, 2.05) is 23.5 Å². The molecule has 2 aromatic carbocycles. The molecule has 0 radical (unpaired) electrons. The monoisotopic (exact) mass is 311 g/mol. The van der Waals surface area contributed by atoms with Gasteiger partial charge in [-0.2, -0.15) is 13.2 Å². The van der Waals surface area contributed by atoms with Gasteiger partial charge in [-0.25, -0.2) is 0 Å². The van der Waals surface area contributed by atoms with Gasteiger partial charge >= 0.3 is 12.1 Å². The lowest BCUT2D eigenvalue weighted by molar-refractivity contribution is -0.176. The number of hydrogen-bond donors (Lipinski definition) is 2. The Bertz CT molecular complexity index is 690. The predicted octanol–water partition coefficient (Wildman–Crippen LogP) is 3.33. The highest BCUT2D eigenvalue weighted by atomic mass is 19.4. The van der Waals surface area contributed by atoms with Crippen LogP contribution in [0.25, 0.3) is 10.8 Å². The van der Waals surface area contributed by atoms with Crippen LogP contribution in [0.4, 0.5) is 13.2 Å². The first-order valence-electron chi connectivity index (χ1n) is 6.68. The van der Waals surface area contributed by atoms with Gasteiger partial charge < -0.3 is 10.4 Å². The number of hydrogen-bond acceptors (Lipinski definition) is 2. The van der Waals surface area contributed by atoms with Gasteiger partial charge in [0.25, 0.3) is 0 Å². The standard InChI is InChI=1S/C16H16F3NO2/c1-15(2,22)13(20-14(21)16(17,18)19)12-8-7-10-5-3-4-6-11(10)9-12/h3-9,13,22H,1-2H3,(H,20,21). The molecule has 1 amide bonds. The van der Waals surface area contributed by atoms with Crippen LogP contribution in [0.2, 0.25) is 0 Å². The quantitative estimate of drug-likeness (QED) is 0.913. The highest BCUT2D eigenvalue weighted by molar-refractivity contribution is 5.84. The van der Waals surface area contributed by atoms with Crippen molar-refractivity contribution in [1.29, 1.82) is 0 Å². The maximum atomic E-state index is 12.5. The van der Waals surface area contributed by atoms with Gasteiger partial charge in [-0.15, -0.1) is 0 Å². The first kappa shape index (κ1) is 16.3. The summed E-state index contributed by atoms with van der Waals surface area (Å²) in [6.07, 6.45) is -5.00. The Labute approximate surface area is 125 Å². The van der Waals surface area contributed by atoms with Crippen LogP contribution in [-0.4, -0.2) is 22.8 Å². The number of fused-ring (bicyclic) bond motifs is 1. The van der Waals surface area contributed by atoms with Crippen molar-refractivity contribution in [3.8, 4) is 0 Å². The SMILES string of the molecule is CC(C)(O)C(NC(=O)C(F)(F)F)c1ccc2ccccc2c1. The largest absolute Gasteiger partial charge is 0.471 e. The molecular weight excluding hydrogens is 295 g/mol. The molecule has 118 valence electrons. The van der Waals surface area contributed by atoms with Gasteiger partial charge in [-0.1, -0.05) is 36.4 Å². The van der Waals surface area contributed by atoms with Crippen molar-refractivity contribution in [2.75, 3.05) is 0 Å². The summed E-state index contributed by atoms with van der Waals surface area (Å²) in [5.74, 6) is -2.08. The fraction of sp³-hybridized carbons (Fsp3) is 0.312. The number of halogens is 3. The first-order chi connectivity index (χ1) is 10.1. The highest BCUT2D eigenvalue weighted by Gasteiger charge is 2.42. The summed E-state index contributed by atoms with van der Waals surface area (Å²) in [6.45, 7) is 2.70. The topological polar surface area (TPSA) is 49.3 Å². The van der Waals surface area contributed by atoms with Crippen LogP contribution in [0, 0.1) is 0 Å². The van der Waals surface area contributed by atoms with Crippen molar-refractivity contribution in [1.82, 2.24) is 5.32 Å². The van der Waals surface area contributed by atoms with E-state index in [2.05, 4.69) is 0 Å². The minimum Gasteiger partial charge on any atom is -0.388 e. The summed E-state index contributed by atoms with van der Waals surface area (Å²) < 4.78 is 37.4. The van der Waals surface area contributed by atoms with Gasteiger partial charge in [0, 0.05) is 0 Å². The second-order valence-electron chi connectivity index (χ2n) is 5.66. The van der Waals surface area contributed by atoms with Crippen molar-refractivity contribution in [2.45, 2.75) is 31.7 Å². The summed E-state index contributed by atoms with van der Waals surface area (Å²) in [4.78, 5) is 11.2. The van der Waals surface area contributed by atoms with E-state index in [9.17, 15) is 23.1 Å². The molecule has 3 nitrogen and oxygen atoms in total. The van der Waals surface area contributed by atoms with E-state index in [-0.39, 0.29) is 0 Å². The van der Waals surface area contributed by atoms with Crippen molar-refractivity contribution in [3.05, 3.63) is 48.0 Å². The minimum absolute atomic E-state index is 0.406. The van der Waals surface area contributed by atoms with E-state index in [0.717, 1.165) is 10.8 Å². The van der Waals surface area contributed by atoms with E-state index in [1.165, 1.54) is 13.8 Å². The Kier molecular flexibility index (Phi) is 4.15. The molecule has 0 saturated heterocycles. The van der Waals surface area contributed by atoms with Crippen molar-refractivity contribution < 1.29 is 23.1 Å². The molecule has 0 aliphatic carbocycles. The molecule has 0 saturated carbocycles. The molecule has 22 heavy (non-hydrogen) atoms. The average molecular weight is 311 g/mol. The van der Waals surface area contributed by atoms with Gasteiger partial charge in [0.05, 0.1) is 11.6 Å². The van der Waals surface area contributed by atoms with E-state index in [0.29, 0.717) is 5.56 Å². The summed E-state index contributed by atoms with van der Waals surface area (Å²) in [5.41, 5.74) is -1.15. The fourth-order valence-corrected chi connectivity index (χ4v) is 2.27. The summed E-state index contributed by atoms with van der Waals surface area (Å²) in [5, 5.41) is 13.7. The van der Waals surface area contributed by atoms with E-state index in [1.54, 1.807) is 24.3 Å². The molecule has 2 N–H and O–H groups in total. The van der Waals surface area contributed by atoms with E-state index >= 15 is 0 Å². The lowest BCUT2D eigenvalue weighted by atomic mass is 9.90. The predicted molar refractivity (Wildman–Crippen MR) is 77.2 cm³/mol. The van der Waals surface area contributed by atoms with Crippen LogP contribution in [0.5, 0.6) is 0 Å². The number of carbonyl (C=O) groups is 1. The maximum absolute atomic E-state index is 12.5. The van der Waals surface area contributed by atoms with Gasteiger partial charge in [0.2, 0.25) is 0 Å². The van der Waals surface area contributed by atoms with Crippen LogP contribution in [0.3, 0.4) is 0 Å². The molecular formula is C16H16F3NO2. The van der Waals surface area contributed by atoms with Crippen LogP contribution in [0.1, 0.15) is 25.5 Å². The van der Waals surface area contributed by atoms with Crippen LogP contribution in [0.15, 0.2) is 42.5 Å². The molecule has 2 aromatic rings. The Morgan fingerprint density at radius 1 is 1.09 bits per heavy atom. The summed E-state index contributed by atoms with van der Waals surface area (Å²) in [7, 11) is 0. The number of amides is 1. The van der Waals surface area contributed by atoms with Gasteiger partial charge in [0.15, 0.2) is 0 Å². The smallest absolute Gasteiger partial charge is 0.388 e. The lowest BCUT2D eigenvalue weighted by Crippen LogP contribution is -2.46. The highest BCUT2D eigenvalue weighted by Crippen LogP contribution is 2.29. The molecule has 2 rings (SSSR count). The van der Waals surface area contributed by atoms with Crippen LogP contribution in [-0.2, 0) is 4.79 Å². The van der Waals surface area contributed by atoms with Crippen LogP contribution >= 0.6 is 0 Å². The van der Waals surface area contributed by atoms with Crippen LogP contribution < -0.4 is 5.32 Å². The molecule has 0 fully saturated rings. The molecule has 0 aliphatic rings. The molecule has 0 bridgehead atoms. The van der Waals surface area contributed by atoms with E-state index in [4.69, 9.17) is 0 Å². The van der Waals surface area contributed by atoms with Crippen molar-refractivity contribution in [2.24, 2.45) is 0 Å². The van der Waals surface area contributed by atoms with Gasteiger partial charge in [0.1, 0.15) is 0 Å². The number of alkyl halides is 3. The number of rotatable bonds is 3. The third kappa shape index (κ3) is 3.57. The van der Waals surface area contributed by atoms with Gasteiger partial charge in [-0.3, -0.25) is 4.79 Å². The molecule has 1 atom stereocenters. The number of benzene rings is 2. The number of aliphatic hydroxyl groups is 1. The third-order valence-electron chi connectivity index (χ3n) is 3.35. The molecule has 0 aliphatic heterocycles. The molecule has 0 spiro atoms. The maximum Gasteiger partial charge on any atom is 0.471 e. The normalized spacial score (nSPS) is 13.9. The molecule has 6 heteroatoms. The minimum atomic E-state index is -5.00. The Morgan fingerprint density at radius 3 is 2.23 bits per heavy atom. The Hall–Kier alpha value is -2.08.